The van der Waals surface area contributed by atoms with Crippen LogP contribution < -0.4 is 15.4 Å². The first-order valence-electron chi connectivity index (χ1n) is 7.83. The van der Waals surface area contributed by atoms with Crippen LogP contribution >= 0.6 is 12.2 Å². The molecule has 0 saturated heterocycles. The van der Waals surface area contributed by atoms with Gasteiger partial charge in [-0.3, -0.25) is 10.1 Å². The first-order valence-corrected chi connectivity index (χ1v) is 8.24. The molecule has 2 aromatic rings. The quantitative estimate of drug-likeness (QED) is 0.820. The molecule has 0 aromatic heterocycles. The molecule has 2 rings (SSSR count). The van der Waals surface area contributed by atoms with Crippen LogP contribution in [0.25, 0.3) is 0 Å². The Labute approximate surface area is 148 Å². The van der Waals surface area contributed by atoms with Crippen molar-refractivity contribution in [2.24, 2.45) is 0 Å². The van der Waals surface area contributed by atoms with Crippen LogP contribution in [0.5, 0.6) is 5.75 Å². The molecule has 0 unspecified atom stereocenters. The number of carbonyl (C=O) groups is 1. The summed E-state index contributed by atoms with van der Waals surface area (Å²) in [5.74, 6) is 0.485. The van der Waals surface area contributed by atoms with Gasteiger partial charge in [0, 0.05) is 11.3 Å². The number of amides is 1. The highest BCUT2D eigenvalue weighted by Crippen LogP contribution is 2.21. The summed E-state index contributed by atoms with van der Waals surface area (Å²) >= 11 is 5.26. The maximum Gasteiger partial charge on any atom is 0.257 e. The zero-order chi connectivity index (χ0) is 17.7. The smallest absolute Gasteiger partial charge is 0.257 e. The van der Waals surface area contributed by atoms with Gasteiger partial charge in [0.05, 0.1) is 6.61 Å². The number of carbonyl (C=O) groups excluding carboxylic acids is 1. The minimum Gasteiger partial charge on any atom is -0.494 e. The lowest BCUT2D eigenvalue weighted by atomic mass is 10.1. The molecule has 0 aliphatic carbocycles. The van der Waals surface area contributed by atoms with Gasteiger partial charge in [-0.05, 0) is 75.3 Å². The average Bonchev–Trinajstić information content (AvgIpc) is 2.52. The van der Waals surface area contributed by atoms with E-state index in [2.05, 4.69) is 29.7 Å². The molecule has 0 atom stereocenters. The topological polar surface area (TPSA) is 50.4 Å². The number of hydrogen-bond acceptors (Lipinski definition) is 3. The van der Waals surface area contributed by atoms with Crippen molar-refractivity contribution in [3.05, 3.63) is 58.7 Å². The fraction of sp³-hybridized carbons (Fsp3) is 0.263. The molecule has 0 fully saturated rings. The molecule has 0 aliphatic heterocycles. The van der Waals surface area contributed by atoms with Crippen LogP contribution in [0.2, 0.25) is 0 Å². The normalized spacial score (nSPS) is 10.2. The van der Waals surface area contributed by atoms with E-state index in [9.17, 15) is 4.79 Å². The molecule has 0 spiro atoms. The molecule has 4 nitrogen and oxygen atoms in total. The van der Waals surface area contributed by atoms with Gasteiger partial charge in [-0.1, -0.05) is 17.7 Å². The van der Waals surface area contributed by atoms with Crippen molar-refractivity contribution in [1.29, 1.82) is 0 Å². The van der Waals surface area contributed by atoms with Crippen LogP contribution in [0.1, 0.15) is 34.0 Å². The van der Waals surface area contributed by atoms with Gasteiger partial charge in [0.1, 0.15) is 5.75 Å². The third kappa shape index (κ3) is 4.55. The lowest BCUT2D eigenvalue weighted by Gasteiger charge is -2.15. The number of benzene rings is 2. The summed E-state index contributed by atoms with van der Waals surface area (Å²) in [4.78, 5) is 12.3. The fourth-order valence-corrected chi connectivity index (χ4v) is 2.76. The Balaban J connectivity index is 2.03. The second-order valence-corrected chi connectivity index (χ2v) is 6.05. The van der Waals surface area contributed by atoms with Gasteiger partial charge in [0.2, 0.25) is 0 Å². The van der Waals surface area contributed by atoms with Crippen LogP contribution in [-0.4, -0.2) is 17.6 Å². The zero-order valence-corrected chi connectivity index (χ0v) is 15.2. The second kappa shape index (κ2) is 7.93. The lowest BCUT2D eigenvalue weighted by Crippen LogP contribution is -2.34. The highest BCUT2D eigenvalue weighted by molar-refractivity contribution is 7.80. The minimum atomic E-state index is -0.252. The van der Waals surface area contributed by atoms with Crippen LogP contribution in [-0.2, 0) is 0 Å². The van der Waals surface area contributed by atoms with E-state index in [1.807, 2.05) is 20.8 Å². The van der Waals surface area contributed by atoms with Crippen LogP contribution in [0.15, 0.2) is 36.4 Å². The standard InChI is InChI=1S/C19H22N2O2S/c1-5-23-16-8-6-15(7-9-16)18(22)21-19(24)20-17-13(3)10-12(2)11-14(17)4/h6-11H,5H2,1-4H3,(H2,20,21,22,24). The monoisotopic (exact) mass is 342 g/mol. The Morgan fingerprint density at radius 1 is 1.08 bits per heavy atom. The van der Waals surface area contributed by atoms with Crippen molar-refractivity contribution in [1.82, 2.24) is 5.32 Å². The zero-order valence-electron chi connectivity index (χ0n) is 14.4. The van der Waals surface area contributed by atoms with Gasteiger partial charge in [-0.15, -0.1) is 0 Å². The van der Waals surface area contributed by atoms with Gasteiger partial charge < -0.3 is 10.1 Å². The number of rotatable bonds is 4. The number of hydrogen-bond donors (Lipinski definition) is 2. The predicted molar refractivity (Wildman–Crippen MR) is 102 cm³/mol. The molecule has 0 saturated carbocycles. The first kappa shape index (κ1) is 17.9. The molecule has 2 aromatic carbocycles. The highest BCUT2D eigenvalue weighted by Gasteiger charge is 2.10. The maximum atomic E-state index is 12.3. The maximum absolute atomic E-state index is 12.3. The third-order valence-electron chi connectivity index (χ3n) is 3.57. The van der Waals surface area contributed by atoms with Gasteiger partial charge in [-0.25, -0.2) is 0 Å². The van der Waals surface area contributed by atoms with Crippen molar-refractivity contribution in [2.45, 2.75) is 27.7 Å². The van der Waals surface area contributed by atoms with Crippen molar-refractivity contribution in [2.75, 3.05) is 11.9 Å². The summed E-state index contributed by atoms with van der Waals surface area (Å²) in [7, 11) is 0. The molecule has 0 aliphatic rings. The summed E-state index contributed by atoms with van der Waals surface area (Å²) in [6.45, 7) is 8.59. The first-order chi connectivity index (χ1) is 11.4. The van der Waals surface area contributed by atoms with Crippen LogP contribution in [0.4, 0.5) is 5.69 Å². The summed E-state index contributed by atoms with van der Waals surface area (Å²) in [5.41, 5.74) is 4.83. The number of ether oxygens (including phenoxy) is 1. The van der Waals surface area contributed by atoms with E-state index in [1.165, 1.54) is 5.56 Å². The molecule has 24 heavy (non-hydrogen) atoms. The molecular formula is C19H22N2O2S. The summed E-state index contributed by atoms with van der Waals surface area (Å²) in [5, 5.41) is 6.10. The van der Waals surface area contributed by atoms with Gasteiger partial charge >= 0.3 is 0 Å². The summed E-state index contributed by atoms with van der Waals surface area (Å²) < 4.78 is 5.37. The molecule has 2 N–H and O–H groups in total. The average molecular weight is 342 g/mol. The van der Waals surface area contributed by atoms with Gasteiger partial charge in [0.25, 0.3) is 5.91 Å². The SMILES string of the molecule is CCOc1ccc(C(=O)NC(=S)Nc2c(C)cc(C)cc2C)cc1. The number of aryl methyl sites for hydroxylation is 3. The molecule has 126 valence electrons. The van der Waals surface area contributed by atoms with Crippen molar-refractivity contribution >= 4 is 28.9 Å². The number of thiocarbonyl (C=S) groups is 1. The Hall–Kier alpha value is -2.40. The molecule has 0 bridgehead atoms. The van der Waals surface area contributed by atoms with E-state index < -0.39 is 0 Å². The van der Waals surface area contributed by atoms with Crippen molar-refractivity contribution in [3.8, 4) is 5.75 Å². The number of nitrogens with one attached hydrogen (secondary N) is 2. The molecular weight excluding hydrogens is 320 g/mol. The Morgan fingerprint density at radius 3 is 2.21 bits per heavy atom. The Bertz CT molecular complexity index is 731. The van der Waals surface area contributed by atoms with E-state index in [1.54, 1.807) is 24.3 Å². The van der Waals surface area contributed by atoms with Gasteiger partial charge in [0.15, 0.2) is 5.11 Å². The molecule has 1 amide bonds. The van der Waals surface area contributed by atoms with Gasteiger partial charge in [-0.2, -0.15) is 0 Å². The summed E-state index contributed by atoms with van der Waals surface area (Å²) in [6, 6.07) is 11.1. The molecule has 0 heterocycles. The Morgan fingerprint density at radius 2 is 1.67 bits per heavy atom. The fourth-order valence-electron chi connectivity index (χ4n) is 2.57. The molecule has 5 heteroatoms. The Kier molecular flexibility index (Phi) is 5.93. The number of anilines is 1. The minimum absolute atomic E-state index is 0.252. The summed E-state index contributed by atoms with van der Waals surface area (Å²) in [6.07, 6.45) is 0. The van der Waals surface area contributed by atoms with E-state index in [0.29, 0.717) is 12.2 Å². The van der Waals surface area contributed by atoms with E-state index in [0.717, 1.165) is 22.6 Å². The van der Waals surface area contributed by atoms with E-state index >= 15 is 0 Å². The lowest BCUT2D eigenvalue weighted by molar-refractivity contribution is 0.0977. The van der Waals surface area contributed by atoms with Crippen LogP contribution in [0.3, 0.4) is 0 Å². The third-order valence-corrected chi connectivity index (χ3v) is 3.77. The largest absolute Gasteiger partial charge is 0.494 e. The molecule has 0 radical (unpaired) electrons. The predicted octanol–water partition coefficient (Wildman–Crippen LogP) is 4.14. The van der Waals surface area contributed by atoms with Crippen LogP contribution in [0, 0.1) is 20.8 Å². The van der Waals surface area contributed by atoms with E-state index in [4.69, 9.17) is 17.0 Å². The van der Waals surface area contributed by atoms with Crippen molar-refractivity contribution < 1.29 is 9.53 Å². The van der Waals surface area contributed by atoms with Crippen molar-refractivity contribution in [3.63, 3.8) is 0 Å². The second-order valence-electron chi connectivity index (χ2n) is 5.64. The van der Waals surface area contributed by atoms with E-state index in [-0.39, 0.29) is 11.0 Å². The highest BCUT2D eigenvalue weighted by atomic mass is 32.1.